The Bertz CT molecular complexity index is 593. The summed E-state index contributed by atoms with van der Waals surface area (Å²) in [7, 11) is -3.65. The minimum absolute atomic E-state index is 0.161. The van der Waals surface area contributed by atoms with Gasteiger partial charge in [-0.25, -0.2) is 12.7 Å². The molecular weight excluding hydrogens is 258 g/mol. The molecule has 2 rings (SSSR count). The van der Waals surface area contributed by atoms with Gasteiger partial charge in [-0.05, 0) is 31.2 Å². The van der Waals surface area contributed by atoms with E-state index in [0.717, 1.165) is 4.31 Å². The van der Waals surface area contributed by atoms with Gasteiger partial charge in [-0.3, -0.25) is 4.79 Å². The highest BCUT2D eigenvalue weighted by Crippen LogP contribution is 2.35. The standard InChI is InChI=1S/C11H13NO3S2/c1-7-4-5-8(2)10-9(7)11(13)12(6-16-3)17(10,14)15/h4-5H,6H2,1-3H3. The summed E-state index contributed by atoms with van der Waals surface area (Å²) in [4.78, 5) is 12.3. The Morgan fingerprint density at radius 1 is 1.24 bits per heavy atom. The van der Waals surface area contributed by atoms with Crippen molar-refractivity contribution in [2.24, 2.45) is 0 Å². The lowest BCUT2D eigenvalue weighted by Crippen LogP contribution is -2.29. The number of fused-ring (bicyclic) bond motifs is 1. The van der Waals surface area contributed by atoms with E-state index in [0.29, 0.717) is 16.7 Å². The summed E-state index contributed by atoms with van der Waals surface area (Å²) < 4.78 is 25.4. The second-order valence-electron chi connectivity index (χ2n) is 3.98. The molecule has 1 aliphatic rings. The number of nitrogens with zero attached hydrogens (tertiary/aromatic N) is 1. The van der Waals surface area contributed by atoms with Gasteiger partial charge in [0.25, 0.3) is 15.9 Å². The molecule has 1 aromatic carbocycles. The van der Waals surface area contributed by atoms with E-state index >= 15 is 0 Å². The van der Waals surface area contributed by atoms with Crippen LogP contribution in [0, 0.1) is 13.8 Å². The molecule has 1 heterocycles. The zero-order valence-electron chi connectivity index (χ0n) is 9.85. The molecule has 17 heavy (non-hydrogen) atoms. The number of hydrogen-bond acceptors (Lipinski definition) is 4. The number of carbonyl (C=O) groups excluding carboxylic acids is 1. The Hall–Kier alpha value is -1.01. The van der Waals surface area contributed by atoms with Crippen molar-refractivity contribution in [2.45, 2.75) is 18.7 Å². The molecule has 0 unspecified atom stereocenters. The van der Waals surface area contributed by atoms with Gasteiger partial charge in [-0.1, -0.05) is 12.1 Å². The fraction of sp³-hybridized carbons (Fsp3) is 0.364. The van der Waals surface area contributed by atoms with Crippen molar-refractivity contribution in [3.8, 4) is 0 Å². The first-order chi connectivity index (χ1) is 7.91. The molecule has 92 valence electrons. The van der Waals surface area contributed by atoms with Gasteiger partial charge >= 0.3 is 0 Å². The molecule has 0 saturated carbocycles. The summed E-state index contributed by atoms with van der Waals surface area (Å²) in [5, 5.41) is 0. The molecular formula is C11H13NO3S2. The Balaban J connectivity index is 2.75. The van der Waals surface area contributed by atoms with Crippen LogP contribution in [0.1, 0.15) is 21.5 Å². The third-order valence-corrected chi connectivity index (χ3v) is 5.39. The fourth-order valence-corrected chi connectivity index (χ4v) is 4.71. The molecule has 0 aliphatic carbocycles. The highest BCUT2D eigenvalue weighted by molar-refractivity contribution is 7.99. The lowest BCUT2D eigenvalue weighted by Gasteiger charge is -2.12. The van der Waals surface area contributed by atoms with Crippen LogP contribution in [0.2, 0.25) is 0 Å². The van der Waals surface area contributed by atoms with E-state index in [1.165, 1.54) is 11.8 Å². The third-order valence-electron chi connectivity index (χ3n) is 2.80. The van der Waals surface area contributed by atoms with Crippen LogP contribution in [0.5, 0.6) is 0 Å². The molecule has 1 amide bonds. The van der Waals surface area contributed by atoms with Crippen LogP contribution in [0.15, 0.2) is 17.0 Å². The predicted molar refractivity (Wildman–Crippen MR) is 67.7 cm³/mol. The smallest absolute Gasteiger partial charge is 0.268 e. The van der Waals surface area contributed by atoms with Gasteiger partial charge in [0.15, 0.2) is 0 Å². The summed E-state index contributed by atoms with van der Waals surface area (Å²) >= 11 is 1.31. The molecule has 1 aliphatic heterocycles. The molecule has 1 aromatic rings. The first-order valence-corrected chi connectivity index (χ1v) is 7.91. The third kappa shape index (κ3) is 1.66. The van der Waals surface area contributed by atoms with Gasteiger partial charge in [0, 0.05) is 0 Å². The average molecular weight is 271 g/mol. The van der Waals surface area contributed by atoms with Crippen molar-refractivity contribution in [1.29, 1.82) is 0 Å². The number of hydrogen-bond donors (Lipinski definition) is 0. The van der Waals surface area contributed by atoms with Crippen LogP contribution < -0.4 is 0 Å². The van der Waals surface area contributed by atoms with Crippen molar-refractivity contribution < 1.29 is 13.2 Å². The maximum absolute atomic E-state index is 12.2. The Morgan fingerprint density at radius 2 is 1.82 bits per heavy atom. The van der Waals surface area contributed by atoms with Gasteiger partial charge < -0.3 is 0 Å². The van der Waals surface area contributed by atoms with Crippen molar-refractivity contribution in [3.63, 3.8) is 0 Å². The normalized spacial score (nSPS) is 17.4. The van der Waals surface area contributed by atoms with Crippen LogP contribution in [0.3, 0.4) is 0 Å². The first kappa shape index (κ1) is 12.4. The molecule has 0 spiro atoms. The summed E-state index contributed by atoms with van der Waals surface area (Å²) in [6.45, 7) is 3.47. The van der Waals surface area contributed by atoms with Crippen molar-refractivity contribution >= 4 is 27.7 Å². The molecule has 0 atom stereocenters. The van der Waals surface area contributed by atoms with Gasteiger partial charge in [0.1, 0.15) is 4.90 Å². The van der Waals surface area contributed by atoms with E-state index in [2.05, 4.69) is 0 Å². The molecule has 0 radical (unpaired) electrons. The molecule has 4 nitrogen and oxygen atoms in total. The quantitative estimate of drug-likeness (QED) is 0.822. The van der Waals surface area contributed by atoms with Crippen molar-refractivity contribution in [3.05, 3.63) is 28.8 Å². The molecule has 0 fully saturated rings. The summed E-state index contributed by atoms with van der Waals surface area (Å²) in [6, 6.07) is 3.52. The summed E-state index contributed by atoms with van der Waals surface area (Å²) in [5.74, 6) is -0.245. The second-order valence-corrected chi connectivity index (χ2v) is 6.61. The minimum Gasteiger partial charge on any atom is -0.268 e. The number of amides is 1. The van der Waals surface area contributed by atoms with E-state index in [-0.39, 0.29) is 10.8 Å². The Kier molecular flexibility index (Phi) is 2.95. The number of carbonyl (C=O) groups is 1. The number of thioether (sulfide) groups is 1. The van der Waals surface area contributed by atoms with E-state index in [4.69, 9.17) is 0 Å². The maximum atomic E-state index is 12.2. The molecule has 6 heteroatoms. The van der Waals surface area contributed by atoms with E-state index < -0.39 is 15.9 Å². The maximum Gasteiger partial charge on any atom is 0.270 e. The minimum atomic E-state index is -3.65. The second kappa shape index (κ2) is 4.03. The predicted octanol–water partition coefficient (Wildman–Crippen LogP) is 1.77. The number of sulfonamides is 1. The van der Waals surface area contributed by atoms with Crippen molar-refractivity contribution in [1.82, 2.24) is 4.31 Å². The molecule has 0 bridgehead atoms. The van der Waals surface area contributed by atoms with E-state index in [1.807, 2.05) is 0 Å². The van der Waals surface area contributed by atoms with E-state index in [9.17, 15) is 13.2 Å². The van der Waals surface area contributed by atoms with Crippen LogP contribution >= 0.6 is 11.8 Å². The fourth-order valence-electron chi connectivity index (χ4n) is 1.97. The highest BCUT2D eigenvalue weighted by Gasteiger charge is 2.42. The zero-order valence-corrected chi connectivity index (χ0v) is 11.5. The topological polar surface area (TPSA) is 54.5 Å². The lowest BCUT2D eigenvalue weighted by atomic mass is 10.1. The Morgan fingerprint density at radius 3 is 2.35 bits per heavy atom. The zero-order chi connectivity index (χ0) is 12.8. The van der Waals surface area contributed by atoms with Gasteiger partial charge in [-0.2, -0.15) is 0 Å². The number of aryl methyl sites for hydroxylation is 2. The van der Waals surface area contributed by atoms with Gasteiger partial charge in [0.2, 0.25) is 0 Å². The largest absolute Gasteiger partial charge is 0.270 e. The van der Waals surface area contributed by atoms with Crippen LogP contribution in [-0.2, 0) is 10.0 Å². The average Bonchev–Trinajstić information content (AvgIpc) is 2.46. The van der Waals surface area contributed by atoms with Crippen LogP contribution in [0.4, 0.5) is 0 Å². The SMILES string of the molecule is CSCN1C(=O)c2c(C)ccc(C)c2S1(=O)=O. The molecule has 0 saturated heterocycles. The Labute approximate surface area is 105 Å². The summed E-state index contributed by atoms with van der Waals surface area (Å²) in [5.41, 5.74) is 1.67. The number of benzene rings is 1. The number of rotatable bonds is 2. The van der Waals surface area contributed by atoms with Crippen molar-refractivity contribution in [2.75, 3.05) is 12.1 Å². The van der Waals surface area contributed by atoms with E-state index in [1.54, 1.807) is 32.2 Å². The molecule has 0 N–H and O–H groups in total. The highest BCUT2D eigenvalue weighted by atomic mass is 32.2. The summed E-state index contributed by atoms with van der Waals surface area (Å²) in [6.07, 6.45) is 1.77. The van der Waals surface area contributed by atoms with Crippen LogP contribution in [0.25, 0.3) is 0 Å². The first-order valence-electron chi connectivity index (χ1n) is 5.07. The molecule has 0 aromatic heterocycles. The lowest BCUT2D eigenvalue weighted by molar-refractivity contribution is 0.0886. The van der Waals surface area contributed by atoms with Gasteiger partial charge in [0.05, 0.1) is 11.4 Å². The van der Waals surface area contributed by atoms with Gasteiger partial charge in [-0.15, -0.1) is 11.8 Å². The monoisotopic (exact) mass is 271 g/mol. The van der Waals surface area contributed by atoms with Crippen LogP contribution in [-0.4, -0.2) is 30.8 Å².